The molecule has 14 heavy (non-hydrogen) atoms. The van der Waals surface area contributed by atoms with Crippen LogP contribution in [0.3, 0.4) is 0 Å². The van der Waals surface area contributed by atoms with Gasteiger partial charge in [-0.25, -0.2) is 4.79 Å². The fourth-order valence-electron chi connectivity index (χ4n) is 1.23. The van der Waals surface area contributed by atoms with E-state index in [9.17, 15) is 4.79 Å². The summed E-state index contributed by atoms with van der Waals surface area (Å²) >= 11 is 0. The summed E-state index contributed by atoms with van der Waals surface area (Å²) < 4.78 is 5.33. The third kappa shape index (κ3) is 3.61. The molecular formula is C8H16N4O2. The van der Waals surface area contributed by atoms with E-state index in [4.69, 9.17) is 10.5 Å². The van der Waals surface area contributed by atoms with E-state index in [1.807, 2.05) is 0 Å². The van der Waals surface area contributed by atoms with Crippen molar-refractivity contribution in [1.29, 1.82) is 0 Å². The highest BCUT2D eigenvalue weighted by Crippen LogP contribution is 2.10. The van der Waals surface area contributed by atoms with Crippen LogP contribution < -0.4 is 16.4 Å². The third-order valence-electron chi connectivity index (χ3n) is 2.00. The van der Waals surface area contributed by atoms with Crippen molar-refractivity contribution in [2.45, 2.75) is 18.9 Å². The van der Waals surface area contributed by atoms with Crippen molar-refractivity contribution in [2.75, 3.05) is 20.2 Å². The number of guanidine groups is 1. The fraction of sp³-hybridized carbons (Fsp3) is 0.750. The molecular weight excluding hydrogens is 184 g/mol. The second-order valence-corrected chi connectivity index (χ2v) is 3.08. The second-order valence-electron chi connectivity index (χ2n) is 3.08. The van der Waals surface area contributed by atoms with Gasteiger partial charge in [-0.1, -0.05) is 0 Å². The number of hydrogen-bond donors (Lipinski definition) is 3. The average Bonchev–Trinajstić information content (AvgIpc) is 2.67. The Labute approximate surface area is 82.9 Å². The standard InChI is InChI=1S/C8H16N4O2/c1-10-7(9)12-8(13)11-5-6-3-2-4-14-6/h6H,2-5H2,1H3,(H4,9,10,11,12,13). The predicted molar refractivity (Wildman–Crippen MR) is 53.1 cm³/mol. The molecule has 0 bridgehead atoms. The number of nitrogens with two attached hydrogens (primary N) is 1. The van der Waals surface area contributed by atoms with Crippen molar-refractivity contribution >= 4 is 12.0 Å². The number of hydrogen-bond acceptors (Lipinski definition) is 3. The van der Waals surface area contributed by atoms with E-state index in [0.717, 1.165) is 19.4 Å². The summed E-state index contributed by atoms with van der Waals surface area (Å²) in [7, 11) is 1.51. The molecule has 2 amide bonds. The minimum atomic E-state index is -0.344. The van der Waals surface area contributed by atoms with Gasteiger partial charge in [0.2, 0.25) is 0 Å². The molecule has 6 nitrogen and oxygen atoms in total. The SMILES string of the molecule is CN=C(N)NC(=O)NCC1CCCO1. The summed E-state index contributed by atoms with van der Waals surface area (Å²) in [5.41, 5.74) is 5.30. The van der Waals surface area contributed by atoms with Gasteiger partial charge >= 0.3 is 6.03 Å². The van der Waals surface area contributed by atoms with E-state index in [2.05, 4.69) is 15.6 Å². The highest BCUT2D eigenvalue weighted by atomic mass is 16.5. The number of ether oxygens (including phenoxy) is 1. The summed E-state index contributed by atoms with van der Waals surface area (Å²) in [6.45, 7) is 1.30. The minimum absolute atomic E-state index is 0.106. The van der Waals surface area contributed by atoms with Crippen LogP contribution in [-0.4, -0.2) is 38.3 Å². The quantitative estimate of drug-likeness (QED) is 0.411. The van der Waals surface area contributed by atoms with Crippen LogP contribution in [-0.2, 0) is 4.74 Å². The number of rotatable bonds is 2. The van der Waals surface area contributed by atoms with Crippen molar-refractivity contribution in [1.82, 2.24) is 10.6 Å². The molecule has 0 aromatic rings. The van der Waals surface area contributed by atoms with Crippen LogP contribution in [0.25, 0.3) is 0 Å². The molecule has 0 saturated carbocycles. The lowest BCUT2D eigenvalue weighted by molar-refractivity contribution is 0.111. The first kappa shape index (κ1) is 10.8. The maximum atomic E-state index is 11.1. The number of carbonyl (C=O) groups excluding carboxylic acids is 1. The zero-order chi connectivity index (χ0) is 10.4. The van der Waals surface area contributed by atoms with Gasteiger partial charge in [-0.2, -0.15) is 0 Å². The lowest BCUT2D eigenvalue weighted by Gasteiger charge is -2.10. The van der Waals surface area contributed by atoms with Crippen molar-refractivity contribution in [3.05, 3.63) is 0 Å². The summed E-state index contributed by atoms with van der Waals surface area (Å²) in [5.74, 6) is 0.106. The highest BCUT2D eigenvalue weighted by molar-refractivity contribution is 5.95. The van der Waals surface area contributed by atoms with Gasteiger partial charge in [0.1, 0.15) is 0 Å². The molecule has 1 aliphatic rings. The van der Waals surface area contributed by atoms with Crippen LogP contribution in [0.1, 0.15) is 12.8 Å². The van der Waals surface area contributed by atoms with E-state index in [-0.39, 0.29) is 18.1 Å². The molecule has 1 heterocycles. The molecule has 0 aromatic carbocycles. The third-order valence-corrected chi connectivity index (χ3v) is 2.00. The van der Waals surface area contributed by atoms with Crippen LogP contribution in [0, 0.1) is 0 Å². The van der Waals surface area contributed by atoms with E-state index < -0.39 is 0 Å². The molecule has 1 rings (SSSR count). The Kier molecular flexibility index (Phi) is 4.18. The lowest BCUT2D eigenvalue weighted by atomic mass is 10.2. The molecule has 6 heteroatoms. The number of nitrogens with one attached hydrogen (secondary N) is 2. The highest BCUT2D eigenvalue weighted by Gasteiger charge is 2.15. The molecule has 0 aliphatic carbocycles. The number of urea groups is 1. The average molecular weight is 200 g/mol. The summed E-state index contributed by atoms with van der Waals surface area (Å²) in [5, 5.41) is 5.03. The molecule has 1 fully saturated rings. The molecule has 0 aromatic heterocycles. The Bertz CT molecular complexity index is 223. The first-order valence-corrected chi connectivity index (χ1v) is 4.61. The van der Waals surface area contributed by atoms with Gasteiger partial charge < -0.3 is 15.8 Å². The van der Waals surface area contributed by atoms with Crippen LogP contribution in [0.5, 0.6) is 0 Å². The zero-order valence-corrected chi connectivity index (χ0v) is 8.25. The Hall–Kier alpha value is -1.30. The van der Waals surface area contributed by atoms with Crippen molar-refractivity contribution in [3.63, 3.8) is 0 Å². The van der Waals surface area contributed by atoms with E-state index in [0.29, 0.717) is 6.54 Å². The first-order valence-electron chi connectivity index (χ1n) is 4.61. The molecule has 1 atom stereocenters. The number of nitrogens with zero attached hydrogens (tertiary/aromatic N) is 1. The largest absolute Gasteiger partial charge is 0.376 e. The number of amides is 2. The van der Waals surface area contributed by atoms with Crippen LogP contribution in [0.2, 0.25) is 0 Å². The monoisotopic (exact) mass is 200 g/mol. The Morgan fingerprint density at radius 2 is 2.50 bits per heavy atom. The van der Waals surface area contributed by atoms with Gasteiger partial charge in [-0.15, -0.1) is 0 Å². The van der Waals surface area contributed by atoms with Gasteiger partial charge in [0, 0.05) is 20.2 Å². The van der Waals surface area contributed by atoms with Crippen LogP contribution >= 0.6 is 0 Å². The molecule has 80 valence electrons. The summed E-state index contributed by atoms with van der Waals surface area (Å²) in [4.78, 5) is 14.7. The smallest absolute Gasteiger partial charge is 0.321 e. The Balaban J connectivity index is 2.14. The summed E-state index contributed by atoms with van der Waals surface area (Å²) in [6, 6.07) is -0.344. The predicted octanol–water partition coefficient (Wildman–Crippen LogP) is -0.591. The lowest BCUT2D eigenvalue weighted by Crippen LogP contribution is -2.45. The molecule has 1 saturated heterocycles. The van der Waals surface area contributed by atoms with E-state index in [1.54, 1.807) is 0 Å². The summed E-state index contributed by atoms with van der Waals surface area (Å²) in [6.07, 6.45) is 2.20. The van der Waals surface area contributed by atoms with Crippen molar-refractivity contribution < 1.29 is 9.53 Å². The van der Waals surface area contributed by atoms with E-state index >= 15 is 0 Å². The van der Waals surface area contributed by atoms with Crippen molar-refractivity contribution in [2.24, 2.45) is 10.7 Å². The van der Waals surface area contributed by atoms with E-state index in [1.165, 1.54) is 7.05 Å². The topological polar surface area (TPSA) is 88.7 Å². The van der Waals surface area contributed by atoms with Crippen LogP contribution in [0.4, 0.5) is 4.79 Å². The van der Waals surface area contributed by atoms with Crippen LogP contribution in [0.15, 0.2) is 4.99 Å². The minimum Gasteiger partial charge on any atom is -0.376 e. The van der Waals surface area contributed by atoms with Gasteiger partial charge in [-0.3, -0.25) is 10.3 Å². The van der Waals surface area contributed by atoms with Gasteiger partial charge in [0.15, 0.2) is 5.96 Å². The molecule has 0 radical (unpaired) electrons. The Morgan fingerprint density at radius 3 is 3.07 bits per heavy atom. The fourth-order valence-corrected chi connectivity index (χ4v) is 1.23. The van der Waals surface area contributed by atoms with Gasteiger partial charge in [0.25, 0.3) is 0 Å². The number of aliphatic imine (C=N–C) groups is 1. The second kappa shape index (κ2) is 5.43. The van der Waals surface area contributed by atoms with Gasteiger partial charge in [0.05, 0.1) is 6.10 Å². The number of carbonyl (C=O) groups is 1. The van der Waals surface area contributed by atoms with Gasteiger partial charge in [-0.05, 0) is 12.8 Å². The molecule has 1 aliphatic heterocycles. The molecule has 0 spiro atoms. The molecule has 4 N–H and O–H groups in total. The maximum absolute atomic E-state index is 11.1. The molecule has 1 unspecified atom stereocenters. The Morgan fingerprint density at radius 1 is 1.71 bits per heavy atom. The first-order chi connectivity index (χ1) is 6.72. The normalized spacial score (nSPS) is 22.1. The van der Waals surface area contributed by atoms with Crippen molar-refractivity contribution in [3.8, 4) is 0 Å². The zero-order valence-electron chi connectivity index (χ0n) is 8.25. The maximum Gasteiger partial charge on any atom is 0.321 e.